The van der Waals surface area contributed by atoms with Crippen LogP contribution in [-0.4, -0.2) is 45.9 Å². The van der Waals surface area contributed by atoms with Crippen molar-refractivity contribution in [3.8, 4) is 11.5 Å². The molecule has 2 amide bonds. The number of ketones is 2. The Bertz CT molecular complexity index is 1290. The quantitative estimate of drug-likeness (QED) is 0.269. The molecule has 174 valence electrons. The number of allylic oxidation sites excluding steroid dienone is 7. The SMILES string of the molecule is COc1cc(C=CC2C3=CCC4C(=O)N(O)C(=O)C4C3CC3=C2C(=O)C=C(Br)C3=O)ccc1O. The molecule has 1 saturated heterocycles. The third-order valence-corrected chi connectivity index (χ3v) is 7.63. The van der Waals surface area contributed by atoms with Crippen LogP contribution in [0.15, 0.2) is 57.6 Å². The van der Waals surface area contributed by atoms with Gasteiger partial charge in [-0.3, -0.25) is 24.4 Å². The van der Waals surface area contributed by atoms with E-state index in [2.05, 4.69) is 15.9 Å². The smallest absolute Gasteiger partial charge is 0.257 e. The van der Waals surface area contributed by atoms with Crippen LogP contribution in [0.2, 0.25) is 0 Å². The molecule has 4 unspecified atom stereocenters. The Morgan fingerprint density at radius 2 is 1.91 bits per heavy atom. The van der Waals surface area contributed by atoms with Gasteiger partial charge in [-0.15, -0.1) is 0 Å². The largest absolute Gasteiger partial charge is 0.504 e. The number of aromatic hydroxyl groups is 1. The molecule has 0 bridgehead atoms. The van der Waals surface area contributed by atoms with Gasteiger partial charge >= 0.3 is 0 Å². The summed E-state index contributed by atoms with van der Waals surface area (Å²) >= 11 is 3.17. The monoisotopic (exact) mass is 525 g/mol. The summed E-state index contributed by atoms with van der Waals surface area (Å²) in [4.78, 5) is 51.2. The molecule has 1 heterocycles. The summed E-state index contributed by atoms with van der Waals surface area (Å²) < 4.78 is 5.31. The Labute approximate surface area is 203 Å². The van der Waals surface area contributed by atoms with Gasteiger partial charge in [0.2, 0.25) is 0 Å². The summed E-state index contributed by atoms with van der Waals surface area (Å²) in [5, 5.41) is 20.0. The Kier molecular flexibility index (Phi) is 5.41. The standard InChI is InChI=1S/C25H20BrNO7/c1-34-20-8-11(3-7-18(20)28)2-4-13-12-5-6-14-22(25(32)27(33)24(14)31)15(12)9-16-21(13)19(29)10-17(26)23(16)30/h2-5,7-8,10,13-15,22,28,33H,6,9H2,1H3. The lowest BCUT2D eigenvalue weighted by molar-refractivity contribution is -0.173. The van der Waals surface area contributed by atoms with Crippen LogP contribution in [0, 0.1) is 23.7 Å². The number of carbonyl (C=O) groups excluding carboxylic acids is 4. The summed E-state index contributed by atoms with van der Waals surface area (Å²) in [6, 6.07) is 4.81. The number of carbonyl (C=O) groups is 4. The highest BCUT2D eigenvalue weighted by Gasteiger charge is 2.55. The third-order valence-electron chi connectivity index (χ3n) is 7.04. The van der Waals surface area contributed by atoms with Crippen molar-refractivity contribution < 1.29 is 34.2 Å². The Morgan fingerprint density at radius 1 is 1.15 bits per heavy atom. The minimum atomic E-state index is -0.788. The van der Waals surface area contributed by atoms with Gasteiger partial charge in [0.1, 0.15) is 0 Å². The Hall–Kier alpha value is -3.30. The van der Waals surface area contributed by atoms with Crippen LogP contribution in [0.5, 0.6) is 11.5 Å². The normalized spacial score (nSPS) is 28.6. The lowest BCUT2D eigenvalue weighted by Crippen LogP contribution is -2.39. The van der Waals surface area contributed by atoms with Crippen molar-refractivity contribution in [1.82, 2.24) is 5.06 Å². The van der Waals surface area contributed by atoms with Crippen molar-refractivity contribution in [2.24, 2.45) is 23.7 Å². The van der Waals surface area contributed by atoms with Gasteiger partial charge in [-0.1, -0.05) is 29.9 Å². The average Bonchev–Trinajstić information content (AvgIpc) is 3.05. The zero-order chi connectivity index (χ0) is 24.3. The van der Waals surface area contributed by atoms with Gasteiger partial charge in [0, 0.05) is 23.1 Å². The van der Waals surface area contributed by atoms with Crippen LogP contribution in [0.3, 0.4) is 0 Å². The molecule has 0 aromatic heterocycles. The summed E-state index contributed by atoms with van der Waals surface area (Å²) in [7, 11) is 1.44. The molecule has 0 spiro atoms. The van der Waals surface area contributed by atoms with E-state index >= 15 is 0 Å². The topological polar surface area (TPSA) is 121 Å². The highest BCUT2D eigenvalue weighted by atomic mass is 79.9. The Morgan fingerprint density at radius 3 is 2.65 bits per heavy atom. The number of phenolic OH excluding ortho intramolecular Hbond substituents is 1. The molecular formula is C25H20BrNO7. The van der Waals surface area contributed by atoms with E-state index in [4.69, 9.17) is 4.74 Å². The highest BCUT2D eigenvalue weighted by molar-refractivity contribution is 9.12. The van der Waals surface area contributed by atoms with Gasteiger partial charge in [-0.05, 0) is 52.4 Å². The summed E-state index contributed by atoms with van der Waals surface area (Å²) in [6.07, 6.45) is 7.07. The van der Waals surface area contributed by atoms with Crippen molar-refractivity contribution in [2.75, 3.05) is 7.11 Å². The van der Waals surface area contributed by atoms with Crippen LogP contribution in [0.1, 0.15) is 18.4 Å². The molecule has 1 fully saturated rings. The number of imide groups is 1. The van der Waals surface area contributed by atoms with Gasteiger partial charge in [-0.25, -0.2) is 0 Å². The molecule has 1 aliphatic heterocycles. The van der Waals surface area contributed by atoms with Crippen molar-refractivity contribution in [3.05, 3.63) is 63.2 Å². The molecule has 0 saturated carbocycles. The predicted octanol–water partition coefficient (Wildman–Crippen LogP) is 3.10. The number of rotatable bonds is 3. The minimum Gasteiger partial charge on any atom is -0.504 e. The second kappa shape index (κ2) is 8.18. The molecular weight excluding hydrogens is 506 g/mol. The van der Waals surface area contributed by atoms with Crippen molar-refractivity contribution in [1.29, 1.82) is 0 Å². The van der Waals surface area contributed by atoms with E-state index in [1.165, 1.54) is 19.3 Å². The van der Waals surface area contributed by atoms with Gasteiger partial charge in [-0.2, -0.15) is 5.06 Å². The first-order valence-electron chi connectivity index (χ1n) is 10.7. The lowest BCUT2D eigenvalue weighted by atomic mass is 9.61. The number of halogens is 1. The molecule has 2 N–H and O–H groups in total. The van der Waals surface area contributed by atoms with Crippen LogP contribution in [-0.2, 0) is 19.2 Å². The lowest BCUT2D eigenvalue weighted by Gasteiger charge is -2.40. The highest BCUT2D eigenvalue weighted by Crippen LogP contribution is 2.52. The molecule has 8 nitrogen and oxygen atoms in total. The van der Waals surface area contributed by atoms with E-state index < -0.39 is 35.5 Å². The summed E-state index contributed by atoms with van der Waals surface area (Å²) in [6.45, 7) is 0. The number of Topliss-reactive ketones (excluding diaryl/α,β-unsaturated/α-hetero) is 1. The first-order chi connectivity index (χ1) is 16.2. The minimum absolute atomic E-state index is 0.00980. The maximum absolute atomic E-state index is 13.0. The van der Waals surface area contributed by atoms with E-state index in [0.717, 1.165) is 5.57 Å². The summed E-state index contributed by atoms with van der Waals surface area (Å²) in [5.74, 6) is -4.20. The zero-order valence-electron chi connectivity index (χ0n) is 18.0. The van der Waals surface area contributed by atoms with Crippen molar-refractivity contribution in [2.45, 2.75) is 12.8 Å². The van der Waals surface area contributed by atoms with Gasteiger partial charge in [0.15, 0.2) is 23.1 Å². The number of hydrogen-bond donors (Lipinski definition) is 2. The van der Waals surface area contributed by atoms with Crippen LogP contribution in [0.4, 0.5) is 0 Å². The van der Waals surface area contributed by atoms with Gasteiger partial charge in [0.25, 0.3) is 11.8 Å². The zero-order valence-corrected chi connectivity index (χ0v) is 19.6. The molecule has 9 heteroatoms. The first-order valence-corrected chi connectivity index (χ1v) is 11.5. The molecule has 1 aromatic rings. The molecule has 4 aliphatic rings. The molecule has 5 rings (SSSR count). The number of methoxy groups -OCH3 is 1. The number of nitrogens with zero attached hydrogens (tertiary/aromatic N) is 1. The maximum Gasteiger partial charge on any atom is 0.257 e. The molecule has 34 heavy (non-hydrogen) atoms. The maximum atomic E-state index is 13.0. The van der Waals surface area contributed by atoms with Crippen molar-refractivity contribution in [3.63, 3.8) is 0 Å². The fourth-order valence-corrected chi connectivity index (χ4v) is 5.92. The number of fused-ring (bicyclic) bond motifs is 3. The number of amides is 2. The fraction of sp³-hybridized carbons (Fsp3) is 0.280. The third kappa shape index (κ3) is 3.30. The summed E-state index contributed by atoms with van der Waals surface area (Å²) in [5.41, 5.74) is 2.16. The number of ether oxygens (including phenoxy) is 1. The van der Waals surface area contributed by atoms with Crippen LogP contribution < -0.4 is 4.74 Å². The predicted molar refractivity (Wildman–Crippen MR) is 123 cm³/mol. The molecule has 4 atom stereocenters. The number of benzene rings is 1. The van der Waals surface area contributed by atoms with Crippen LogP contribution in [0.25, 0.3) is 6.08 Å². The second-order valence-electron chi connectivity index (χ2n) is 8.72. The van der Waals surface area contributed by atoms with Crippen LogP contribution >= 0.6 is 15.9 Å². The van der Waals surface area contributed by atoms with Gasteiger partial charge in [0.05, 0.1) is 23.4 Å². The number of phenols is 1. The fourth-order valence-electron chi connectivity index (χ4n) is 5.47. The van der Waals surface area contributed by atoms with E-state index in [1.54, 1.807) is 24.3 Å². The average molecular weight is 526 g/mol. The van der Waals surface area contributed by atoms with E-state index in [-0.39, 0.29) is 45.5 Å². The van der Waals surface area contributed by atoms with E-state index in [1.807, 2.05) is 6.08 Å². The van der Waals surface area contributed by atoms with Crippen molar-refractivity contribution >= 4 is 45.4 Å². The molecule has 1 aromatic carbocycles. The molecule has 0 radical (unpaired) electrons. The van der Waals surface area contributed by atoms with E-state index in [0.29, 0.717) is 16.7 Å². The van der Waals surface area contributed by atoms with E-state index in [9.17, 15) is 29.5 Å². The second-order valence-corrected chi connectivity index (χ2v) is 9.57. The van der Waals surface area contributed by atoms with Gasteiger partial charge < -0.3 is 9.84 Å². The Balaban J connectivity index is 1.61. The first kappa shape index (κ1) is 22.5. The molecule has 3 aliphatic carbocycles. The number of hydroxylamine groups is 2. The number of hydrogen-bond acceptors (Lipinski definition) is 7.